The lowest BCUT2D eigenvalue weighted by Crippen LogP contribution is -2.39. The number of aryl methyl sites for hydroxylation is 2. The summed E-state index contributed by atoms with van der Waals surface area (Å²) in [4.78, 5) is 12.3. The standard InChI is InChI=1S/C22H29N3O4S/c1-5-6-14-29-20-12-10-19(11-13-20)15-23-24-21(26)16-25(30(4,27)28)22-17(2)8-7-9-18(22)3/h7-13,15H,5-6,14,16H2,1-4H3,(H,24,26)/b23-15-. The molecule has 7 nitrogen and oxygen atoms in total. The Labute approximate surface area is 178 Å². The van der Waals surface area contributed by atoms with Crippen molar-refractivity contribution in [1.82, 2.24) is 5.43 Å². The Morgan fingerprint density at radius 3 is 2.33 bits per heavy atom. The van der Waals surface area contributed by atoms with Crippen LogP contribution in [0.15, 0.2) is 47.6 Å². The van der Waals surface area contributed by atoms with Gasteiger partial charge in [-0.05, 0) is 61.2 Å². The molecule has 30 heavy (non-hydrogen) atoms. The number of hydrogen-bond donors (Lipinski definition) is 1. The number of amides is 1. The summed E-state index contributed by atoms with van der Waals surface area (Å²) in [6, 6.07) is 12.8. The van der Waals surface area contributed by atoms with Gasteiger partial charge in [0.15, 0.2) is 0 Å². The Morgan fingerprint density at radius 2 is 1.77 bits per heavy atom. The molecule has 1 amide bonds. The number of benzene rings is 2. The minimum atomic E-state index is -3.64. The fourth-order valence-electron chi connectivity index (χ4n) is 2.89. The number of nitrogens with one attached hydrogen (secondary N) is 1. The van der Waals surface area contributed by atoms with Gasteiger partial charge in [0.05, 0.1) is 24.8 Å². The van der Waals surface area contributed by atoms with Gasteiger partial charge in [0.25, 0.3) is 5.91 Å². The summed E-state index contributed by atoms with van der Waals surface area (Å²) in [7, 11) is -3.64. The summed E-state index contributed by atoms with van der Waals surface area (Å²) in [5, 5.41) is 3.93. The van der Waals surface area contributed by atoms with Crippen LogP contribution in [-0.4, -0.2) is 39.9 Å². The van der Waals surface area contributed by atoms with E-state index in [9.17, 15) is 13.2 Å². The van der Waals surface area contributed by atoms with Gasteiger partial charge in [-0.15, -0.1) is 0 Å². The van der Waals surface area contributed by atoms with Crippen molar-refractivity contribution in [2.75, 3.05) is 23.7 Å². The van der Waals surface area contributed by atoms with E-state index in [1.165, 1.54) is 6.21 Å². The topological polar surface area (TPSA) is 88.1 Å². The fraction of sp³-hybridized carbons (Fsp3) is 0.364. The van der Waals surface area contributed by atoms with E-state index >= 15 is 0 Å². The van der Waals surface area contributed by atoms with Gasteiger partial charge < -0.3 is 4.74 Å². The van der Waals surface area contributed by atoms with E-state index in [0.717, 1.165) is 45.8 Å². The molecule has 0 bridgehead atoms. The predicted molar refractivity (Wildman–Crippen MR) is 121 cm³/mol. The first kappa shape index (κ1) is 23.4. The Kier molecular flexibility index (Phi) is 8.41. The maximum absolute atomic E-state index is 12.3. The van der Waals surface area contributed by atoms with Crippen LogP contribution in [-0.2, 0) is 14.8 Å². The number of carbonyl (C=O) groups is 1. The van der Waals surface area contributed by atoms with Gasteiger partial charge in [0.1, 0.15) is 12.3 Å². The second kappa shape index (κ2) is 10.8. The Balaban J connectivity index is 2.01. The minimum Gasteiger partial charge on any atom is -0.494 e. The van der Waals surface area contributed by atoms with Crippen LogP contribution in [0.3, 0.4) is 0 Å². The zero-order valence-corrected chi connectivity index (χ0v) is 18.7. The molecule has 0 atom stereocenters. The molecular formula is C22H29N3O4S. The molecule has 2 aromatic rings. The number of carbonyl (C=O) groups excluding carboxylic acids is 1. The maximum atomic E-state index is 12.3. The first-order chi connectivity index (χ1) is 14.2. The fourth-order valence-corrected chi connectivity index (χ4v) is 3.86. The molecular weight excluding hydrogens is 402 g/mol. The van der Waals surface area contributed by atoms with Gasteiger partial charge >= 0.3 is 0 Å². The summed E-state index contributed by atoms with van der Waals surface area (Å²) in [6.07, 6.45) is 4.66. The molecule has 0 saturated carbocycles. The largest absolute Gasteiger partial charge is 0.494 e. The lowest BCUT2D eigenvalue weighted by atomic mass is 10.1. The molecule has 0 aliphatic heterocycles. The maximum Gasteiger partial charge on any atom is 0.260 e. The van der Waals surface area contributed by atoms with Crippen molar-refractivity contribution in [2.45, 2.75) is 33.6 Å². The zero-order valence-electron chi connectivity index (χ0n) is 17.9. The lowest BCUT2D eigenvalue weighted by molar-refractivity contribution is -0.119. The minimum absolute atomic E-state index is 0.355. The molecule has 2 rings (SSSR count). The molecule has 0 unspecified atom stereocenters. The van der Waals surface area contributed by atoms with Crippen LogP contribution in [0.4, 0.5) is 5.69 Å². The van der Waals surface area contributed by atoms with Crippen LogP contribution in [0.25, 0.3) is 0 Å². The van der Waals surface area contributed by atoms with Crippen LogP contribution in [0.2, 0.25) is 0 Å². The summed E-state index contributed by atoms with van der Waals surface area (Å²) in [5.74, 6) is 0.251. The van der Waals surface area contributed by atoms with E-state index in [4.69, 9.17) is 4.74 Å². The molecule has 0 radical (unpaired) electrons. The van der Waals surface area contributed by atoms with E-state index in [2.05, 4.69) is 17.5 Å². The van der Waals surface area contributed by atoms with Crippen LogP contribution in [0.5, 0.6) is 5.75 Å². The average Bonchev–Trinajstić information content (AvgIpc) is 2.68. The third-order valence-corrected chi connectivity index (χ3v) is 5.54. The summed E-state index contributed by atoms with van der Waals surface area (Å²) < 4.78 is 31.3. The Bertz CT molecular complexity index is 966. The van der Waals surface area contributed by atoms with Crippen molar-refractivity contribution in [3.05, 3.63) is 59.2 Å². The van der Waals surface area contributed by atoms with Crippen molar-refractivity contribution in [3.63, 3.8) is 0 Å². The number of ether oxygens (including phenoxy) is 1. The molecule has 0 fully saturated rings. The highest BCUT2D eigenvalue weighted by molar-refractivity contribution is 7.92. The molecule has 0 aliphatic carbocycles. The summed E-state index contributed by atoms with van der Waals surface area (Å²) >= 11 is 0. The van der Waals surface area contributed by atoms with Crippen LogP contribution in [0.1, 0.15) is 36.5 Å². The molecule has 1 N–H and O–H groups in total. The van der Waals surface area contributed by atoms with Gasteiger partial charge in [-0.25, -0.2) is 13.8 Å². The number of hydrazone groups is 1. The SMILES string of the molecule is CCCCOc1ccc(/C=N\NC(=O)CN(c2c(C)cccc2C)S(C)(=O)=O)cc1. The molecule has 2 aromatic carbocycles. The highest BCUT2D eigenvalue weighted by Crippen LogP contribution is 2.26. The number of unbranched alkanes of at least 4 members (excludes halogenated alkanes) is 1. The zero-order chi connectivity index (χ0) is 22.1. The quantitative estimate of drug-likeness (QED) is 0.355. The van der Waals surface area contributed by atoms with Crippen molar-refractivity contribution in [2.24, 2.45) is 5.10 Å². The third kappa shape index (κ3) is 6.88. The van der Waals surface area contributed by atoms with Crippen LogP contribution in [0, 0.1) is 13.8 Å². The highest BCUT2D eigenvalue weighted by atomic mass is 32.2. The molecule has 0 spiro atoms. The van der Waals surface area contributed by atoms with Crippen molar-refractivity contribution < 1.29 is 17.9 Å². The Morgan fingerprint density at radius 1 is 1.13 bits per heavy atom. The molecule has 0 saturated heterocycles. The van der Waals surface area contributed by atoms with Crippen molar-refractivity contribution >= 4 is 27.8 Å². The molecule has 8 heteroatoms. The molecule has 0 aliphatic rings. The first-order valence-corrected chi connectivity index (χ1v) is 11.7. The summed E-state index contributed by atoms with van der Waals surface area (Å²) in [6.45, 7) is 6.05. The third-order valence-electron chi connectivity index (χ3n) is 4.43. The van der Waals surface area contributed by atoms with Crippen molar-refractivity contribution in [1.29, 1.82) is 0 Å². The van der Waals surface area contributed by atoms with Crippen LogP contribution >= 0.6 is 0 Å². The van der Waals surface area contributed by atoms with Gasteiger partial charge in [0.2, 0.25) is 10.0 Å². The van der Waals surface area contributed by atoms with Gasteiger partial charge in [-0.3, -0.25) is 9.10 Å². The molecule has 0 aromatic heterocycles. The number of nitrogens with zero attached hydrogens (tertiary/aromatic N) is 2. The normalized spacial score (nSPS) is 11.5. The van der Waals surface area contributed by atoms with E-state index in [1.54, 1.807) is 0 Å². The first-order valence-electron chi connectivity index (χ1n) is 9.81. The van der Waals surface area contributed by atoms with Gasteiger partial charge in [0, 0.05) is 0 Å². The second-order valence-corrected chi connectivity index (χ2v) is 8.98. The Hall–Kier alpha value is -2.87. The van der Waals surface area contributed by atoms with E-state index in [1.807, 2.05) is 56.3 Å². The van der Waals surface area contributed by atoms with Crippen molar-refractivity contribution in [3.8, 4) is 5.75 Å². The number of para-hydroxylation sites is 1. The number of rotatable bonds is 10. The lowest BCUT2D eigenvalue weighted by Gasteiger charge is -2.25. The van der Waals surface area contributed by atoms with Gasteiger partial charge in [-0.1, -0.05) is 31.5 Å². The average molecular weight is 432 g/mol. The number of sulfonamides is 1. The predicted octanol–water partition coefficient (Wildman–Crippen LogP) is 3.40. The number of hydrogen-bond acceptors (Lipinski definition) is 5. The molecule has 0 heterocycles. The monoisotopic (exact) mass is 431 g/mol. The van der Waals surface area contributed by atoms with Gasteiger partial charge in [-0.2, -0.15) is 5.10 Å². The van der Waals surface area contributed by atoms with Crippen LogP contribution < -0.4 is 14.5 Å². The number of anilines is 1. The van der Waals surface area contributed by atoms with E-state index < -0.39 is 15.9 Å². The second-order valence-electron chi connectivity index (χ2n) is 7.07. The van der Waals surface area contributed by atoms with E-state index in [0.29, 0.717) is 12.3 Å². The highest BCUT2D eigenvalue weighted by Gasteiger charge is 2.23. The van der Waals surface area contributed by atoms with E-state index in [-0.39, 0.29) is 6.54 Å². The smallest absolute Gasteiger partial charge is 0.260 e. The molecule has 162 valence electrons. The summed E-state index contributed by atoms with van der Waals surface area (Å²) in [5.41, 5.74) is 5.24.